The van der Waals surface area contributed by atoms with Crippen LogP contribution in [-0.4, -0.2) is 0 Å². The predicted octanol–water partition coefficient (Wildman–Crippen LogP) is 6.09. The van der Waals surface area contributed by atoms with Crippen molar-refractivity contribution in [2.75, 3.05) is 0 Å². The van der Waals surface area contributed by atoms with E-state index in [9.17, 15) is 0 Å². The van der Waals surface area contributed by atoms with Crippen LogP contribution in [0.5, 0.6) is 0 Å². The molecule has 1 rings (SSSR count). The molecule has 0 nitrogen and oxygen atoms in total. The molecule has 2 unspecified atom stereocenters. The summed E-state index contributed by atoms with van der Waals surface area (Å²) < 4.78 is 2.22. The van der Waals surface area contributed by atoms with Gasteiger partial charge in [-0.3, -0.25) is 0 Å². The first kappa shape index (κ1) is 14.5. The van der Waals surface area contributed by atoms with E-state index in [1.807, 2.05) is 0 Å². The molecule has 0 heterocycles. The van der Waals surface area contributed by atoms with E-state index in [0.29, 0.717) is 11.8 Å². The third-order valence-corrected chi connectivity index (χ3v) is 5.26. The summed E-state index contributed by atoms with van der Waals surface area (Å²) in [6.45, 7) is 8.69. The fraction of sp³-hybridized carbons (Fsp3) is 0.538. The average Bonchev–Trinajstić information content (AvgIpc) is 2.21. The van der Waals surface area contributed by atoms with Gasteiger partial charge in [0.2, 0.25) is 0 Å². The highest BCUT2D eigenvalue weighted by Crippen LogP contribution is 2.39. The van der Waals surface area contributed by atoms with Gasteiger partial charge >= 0.3 is 0 Å². The van der Waals surface area contributed by atoms with Crippen LogP contribution in [0.25, 0.3) is 0 Å². The molecule has 0 radical (unpaired) electrons. The van der Waals surface area contributed by atoms with E-state index < -0.39 is 0 Å². The van der Waals surface area contributed by atoms with E-state index in [0.717, 1.165) is 8.95 Å². The molecular formula is C13H17Br2Cl. The number of benzene rings is 1. The zero-order valence-electron chi connectivity index (χ0n) is 10.0. The normalized spacial score (nSPS) is 15.2. The lowest BCUT2D eigenvalue weighted by Crippen LogP contribution is -2.11. The third-order valence-electron chi connectivity index (χ3n) is 3.09. The predicted molar refractivity (Wildman–Crippen MR) is 79.2 cm³/mol. The van der Waals surface area contributed by atoms with Gasteiger partial charge in [0.05, 0.1) is 5.38 Å². The van der Waals surface area contributed by atoms with Crippen molar-refractivity contribution < 1.29 is 0 Å². The van der Waals surface area contributed by atoms with Crippen LogP contribution in [0.15, 0.2) is 21.1 Å². The Hall–Kier alpha value is 0.470. The van der Waals surface area contributed by atoms with Gasteiger partial charge in [-0.15, -0.1) is 11.6 Å². The third kappa shape index (κ3) is 3.24. The molecule has 0 saturated carbocycles. The van der Waals surface area contributed by atoms with Crippen molar-refractivity contribution in [1.29, 1.82) is 0 Å². The number of rotatable bonds is 3. The number of hydrogen-bond donors (Lipinski definition) is 0. The molecule has 1 aromatic rings. The Kier molecular flexibility index (Phi) is 5.34. The van der Waals surface area contributed by atoms with Crippen LogP contribution in [0.2, 0.25) is 0 Å². The van der Waals surface area contributed by atoms with Crippen LogP contribution < -0.4 is 0 Å². The summed E-state index contributed by atoms with van der Waals surface area (Å²) in [5, 5.41) is 0.0475. The molecule has 2 atom stereocenters. The number of aryl methyl sites for hydroxylation is 1. The average molecular weight is 369 g/mol. The highest BCUT2D eigenvalue weighted by molar-refractivity contribution is 9.11. The molecule has 0 fully saturated rings. The second-order valence-electron chi connectivity index (χ2n) is 4.63. The minimum absolute atomic E-state index is 0.0475. The Morgan fingerprint density at radius 2 is 1.62 bits per heavy atom. The van der Waals surface area contributed by atoms with Gasteiger partial charge in [-0.25, -0.2) is 0 Å². The van der Waals surface area contributed by atoms with E-state index in [4.69, 9.17) is 11.6 Å². The number of alkyl halides is 1. The Balaban J connectivity index is 3.08. The Morgan fingerprint density at radius 3 is 2.12 bits per heavy atom. The van der Waals surface area contributed by atoms with Crippen LogP contribution in [0.4, 0.5) is 0 Å². The van der Waals surface area contributed by atoms with E-state index in [2.05, 4.69) is 71.7 Å². The topological polar surface area (TPSA) is 0 Å². The van der Waals surface area contributed by atoms with Crippen molar-refractivity contribution in [3.63, 3.8) is 0 Å². The fourth-order valence-electron chi connectivity index (χ4n) is 1.49. The zero-order valence-corrected chi connectivity index (χ0v) is 13.9. The Morgan fingerprint density at radius 1 is 1.06 bits per heavy atom. The molecular weight excluding hydrogens is 351 g/mol. The van der Waals surface area contributed by atoms with Crippen molar-refractivity contribution in [3.05, 3.63) is 32.2 Å². The lowest BCUT2D eigenvalue weighted by atomic mass is 9.90. The molecule has 0 N–H and O–H groups in total. The molecule has 0 aliphatic rings. The van der Waals surface area contributed by atoms with Gasteiger partial charge in [0.15, 0.2) is 0 Å². The molecule has 1 aromatic carbocycles. The first-order chi connectivity index (χ1) is 7.34. The van der Waals surface area contributed by atoms with E-state index in [1.54, 1.807) is 0 Å². The monoisotopic (exact) mass is 366 g/mol. The summed E-state index contributed by atoms with van der Waals surface area (Å²) in [7, 11) is 0. The fourth-order valence-corrected chi connectivity index (χ4v) is 3.16. The largest absolute Gasteiger partial charge is 0.117 e. The highest BCUT2D eigenvalue weighted by Gasteiger charge is 2.22. The summed E-state index contributed by atoms with van der Waals surface area (Å²) >= 11 is 13.7. The second kappa shape index (κ2) is 5.88. The summed E-state index contributed by atoms with van der Waals surface area (Å²) in [6.07, 6.45) is 0. The SMILES string of the molecule is Cc1cc(Br)c(C(Cl)C(C)C(C)C)cc1Br. The van der Waals surface area contributed by atoms with Crippen LogP contribution in [0.3, 0.4) is 0 Å². The maximum atomic E-state index is 6.53. The summed E-state index contributed by atoms with van der Waals surface area (Å²) in [5.74, 6) is 1.03. The molecule has 0 bridgehead atoms. The van der Waals surface area contributed by atoms with Crippen molar-refractivity contribution in [3.8, 4) is 0 Å². The van der Waals surface area contributed by atoms with Gasteiger partial charge in [-0.1, -0.05) is 52.6 Å². The first-order valence-electron chi connectivity index (χ1n) is 5.44. The van der Waals surface area contributed by atoms with Crippen molar-refractivity contribution in [1.82, 2.24) is 0 Å². The summed E-state index contributed by atoms with van der Waals surface area (Å²) in [6, 6.07) is 4.23. The molecule has 0 amide bonds. The van der Waals surface area contributed by atoms with Gasteiger partial charge in [0.25, 0.3) is 0 Å². The second-order valence-corrected chi connectivity index (χ2v) is 6.81. The lowest BCUT2D eigenvalue weighted by Gasteiger charge is -2.23. The standard InChI is InChI=1S/C13H17Br2Cl/c1-7(2)9(4)13(16)10-6-11(14)8(3)5-12(10)15/h5-7,9,13H,1-4H3. The first-order valence-corrected chi connectivity index (χ1v) is 7.46. The Bertz CT molecular complexity index is 374. The quantitative estimate of drug-likeness (QED) is 0.566. The van der Waals surface area contributed by atoms with Gasteiger partial charge in [-0.2, -0.15) is 0 Å². The van der Waals surface area contributed by atoms with Crippen LogP contribution in [0, 0.1) is 18.8 Å². The zero-order chi connectivity index (χ0) is 12.5. The van der Waals surface area contributed by atoms with E-state index >= 15 is 0 Å². The van der Waals surface area contributed by atoms with Crippen LogP contribution >= 0.6 is 43.5 Å². The van der Waals surface area contributed by atoms with Crippen LogP contribution in [-0.2, 0) is 0 Å². The Labute approximate surface area is 120 Å². The maximum absolute atomic E-state index is 6.53. The minimum atomic E-state index is 0.0475. The highest BCUT2D eigenvalue weighted by atomic mass is 79.9. The van der Waals surface area contributed by atoms with E-state index in [1.165, 1.54) is 11.1 Å². The van der Waals surface area contributed by atoms with Gasteiger partial charge in [-0.05, 0) is 42.0 Å². The summed E-state index contributed by atoms with van der Waals surface area (Å²) in [5.41, 5.74) is 2.39. The van der Waals surface area contributed by atoms with Crippen molar-refractivity contribution in [2.45, 2.75) is 33.1 Å². The van der Waals surface area contributed by atoms with Crippen molar-refractivity contribution in [2.24, 2.45) is 11.8 Å². The van der Waals surface area contributed by atoms with E-state index in [-0.39, 0.29) is 5.38 Å². The molecule has 3 heteroatoms. The minimum Gasteiger partial charge on any atom is -0.117 e. The molecule has 0 saturated heterocycles. The number of hydrogen-bond acceptors (Lipinski definition) is 0. The molecule has 0 spiro atoms. The molecule has 0 aromatic heterocycles. The summed E-state index contributed by atoms with van der Waals surface area (Å²) in [4.78, 5) is 0. The molecule has 0 aliphatic carbocycles. The van der Waals surface area contributed by atoms with Gasteiger partial charge in [0.1, 0.15) is 0 Å². The van der Waals surface area contributed by atoms with Crippen LogP contribution in [0.1, 0.15) is 37.3 Å². The maximum Gasteiger partial charge on any atom is 0.0624 e. The molecule has 16 heavy (non-hydrogen) atoms. The molecule has 0 aliphatic heterocycles. The number of halogens is 3. The molecule has 90 valence electrons. The van der Waals surface area contributed by atoms with Gasteiger partial charge < -0.3 is 0 Å². The van der Waals surface area contributed by atoms with Crippen molar-refractivity contribution >= 4 is 43.5 Å². The van der Waals surface area contributed by atoms with Gasteiger partial charge in [0, 0.05) is 8.95 Å². The lowest BCUT2D eigenvalue weighted by molar-refractivity contribution is 0.405. The smallest absolute Gasteiger partial charge is 0.0624 e.